The number of carbonyl (C=O) groups excluding carboxylic acids is 1. The van der Waals surface area contributed by atoms with Gasteiger partial charge in [0.2, 0.25) is 0 Å². The van der Waals surface area contributed by atoms with Gasteiger partial charge in [0, 0.05) is 21.2 Å². The van der Waals surface area contributed by atoms with E-state index in [2.05, 4.69) is 9.71 Å². The third-order valence-electron chi connectivity index (χ3n) is 3.13. The molecule has 0 saturated heterocycles. The number of nitrogens with zero attached hydrogens (tertiary/aromatic N) is 1. The Morgan fingerprint density at radius 3 is 2.43 bits per heavy atom. The quantitative estimate of drug-likeness (QED) is 0.793. The smallest absolute Gasteiger partial charge is 0.285 e. The third kappa shape index (κ3) is 2.11. The Labute approximate surface area is 118 Å². The van der Waals surface area contributed by atoms with Gasteiger partial charge < -0.3 is 0 Å². The fourth-order valence-electron chi connectivity index (χ4n) is 2.12. The predicted molar refractivity (Wildman–Crippen MR) is 69.2 cm³/mol. The molecule has 0 atom stereocenters. The molecule has 4 nitrogen and oxygen atoms in total. The number of alkyl halides is 3. The molecule has 1 aromatic heterocycles. The molecule has 2 aromatic rings. The van der Waals surface area contributed by atoms with E-state index < -0.39 is 27.8 Å². The molecule has 1 aromatic carbocycles. The van der Waals surface area contributed by atoms with E-state index in [0.29, 0.717) is 6.20 Å². The largest absolute Gasteiger partial charge is 0.417 e. The van der Waals surface area contributed by atoms with Crippen molar-refractivity contribution in [1.29, 1.82) is 0 Å². The summed E-state index contributed by atoms with van der Waals surface area (Å²) in [6.45, 7) is 0. The second-order valence-corrected chi connectivity index (χ2v) is 6.92. The Kier molecular flexibility index (Phi) is 2.87. The Morgan fingerprint density at radius 2 is 1.81 bits per heavy atom. The van der Waals surface area contributed by atoms with Crippen LogP contribution in [0.15, 0.2) is 52.4 Å². The number of hydrogen-bond donors (Lipinski definition) is 2. The van der Waals surface area contributed by atoms with Gasteiger partial charge in [-0.05, 0) is 18.2 Å². The standard InChI is InChI=1S/C13H9F3N2O2S/c14-13(15,16)8-6-10-11(17-7-8)12(19)18-21(10,20)9-4-2-1-3-5-9/h1-7,21H,(H,18,19,20). The van der Waals surface area contributed by atoms with E-state index in [0.717, 1.165) is 6.07 Å². The number of hydrogen-bond acceptors (Lipinski definition) is 3. The average Bonchev–Trinajstić information content (AvgIpc) is 2.72. The summed E-state index contributed by atoms with van der Waals surface area (Å²) in [5.41, 5.74) is -1.26. The van der Waals surface area contributed by atoms with Gasteiger partial charge in [0.1, 0.15) is 5.69 Å². The number of rotatable bonds is 1. The fraction of sp³-hybridized carbons (Fsp3) is 0.0769. The first-order chi connectivity index (χ1) is 9.82. The normalized spacial score (nSPS) is 18.0. The van der Waals surface area contributed by atoms with Gasteiger partial charge in [0.25, 0.3) is 5.91 Å². The van der Waals surface area contributed by atoms with Crippen LogP contribution in [0.25, 0.3) is 0 Å². The van der Waals surface area contributed by atoms with Crippen LogP contribution in [0.3, 0.4) is 0 Å². The van der Waals surface area contributed by atoms with Crippen LogP contribution in [0.5, 0.6) is 0 Å². The Hall–Kier alpha value is -2.22. The lowest BCUT2D eigenvalue weighted by Crippen LogP contribution is -2.28. The van der Waals surface area contributed by atoms with E-state index in [4.69, 9.17) is 0 Å². The third-order valence-corrected chi connectivity index (χ3v) is 5.69. The Morgan fingerprint density at radius 1 is 1.14 bits per heavy atom. The van der Waals surface area contributed by atoms with Gasteiger partial charge in [-0.25, -0.2) is 4.98 Å². The zero-order chi connectivity index (χ0) is 15.3. The zero-order valence-electron chi connectivity index (χ0n) is 10.4. The van der Waals surface area contributed by atoms with Crippen LogP contribution in [0.4, 0.5) is 13.2 Å². The number of fused-ring (bicyclic) bond motifs is 1. The van der Waals surface area contributed by atoms with E-state index in [9.17, 15) is 22.2 Å². The van der Waals surface area contributed by atoms with Crippen LogP contribution < -0.4 is 4.72 Å². The highest BCUT2D eigenvalue weighted by Crippen LogP contribution is 2.37. The van der Waals surface area contributed by atoms with Crippen molar-refractivity contribution >= 4 is 16.0 Å². The highest BCUT2D eigenvalue weighted by atomic mass is 32.3. The van der Waals surface area contributed by atoms with Crippen molar-refractivity contribution in [1.82, 2.24) is 9.71 Å². The first-order valence-corrected chi connectivity index (χ1v) is 7.59. The number of nitrogens with one attached hydrogen (secondary N) is 1. The molecular weight excluding hydrogens is 305 g/mol. The minimum absolute atomic E-state index is 0.200. The summed E-state index contributed by atoms with van der Waals surface area (Å²) in [6.07, 6.45) is -4.05. The number of carbonyl (C=O) groups is 1. The lowest BCUT2D eigenvalue weighted by Gasteiger charge is -2.20. The minimum Gasteiger partial charge on any atom is -0.285 e. The molecular formula is C13H9F3N2O2S. The molecule has 0 aliphatic carbocycles. The van der Waals surface area contributed by atoms with Crippen LogP contribution in [-0.2, 0) is 16.3 Å². The molecule has 8 heteroatoms. The van der Waals surface area contributed by atoms with E-state index in [1.165, 1.54) is 12.1 Å². The molecule has 0 fully saturated rings. The first kappa shape index (κ1) is 13.7. The number of aromatic nitrogens is 1. The van der Waals surface area contributed by atoms with Gasteiger partial charge in [-0.15, -0.1) is 0 Å². The second-order valence-electron chi connectivity index (χ2n) is 4.48. The SMILES string of the molecule is O=C1N[SH](=O)(c2ccccc2)c2cc(C(F)(F)F)cnc21. The molecule has 1 amide bonds. The topological polar surface area (TPSA) is 59.1 Å². The number of benzene rings is 1. The minimum atomic E-state index is -4.62. The van der Waals surface area contributed by atoms with Crippen LogP contribution in [0, 0.1) is 0 Å². The summed E-state index contributed by atoms with van der Waals surface area (Å²) >= 11 is 0. The van der Waals surface area contributed by atoms with Crippen molar-refractivity contribution in [3.63, 3.8) is 0 Å². The van der Waals surface area contributed by atoms with E-state index in [1.807, 2.05) is 0 Å². The number of pyridine rings is 1. The monoisotopic (exact) mass is 314 g/mol. The molecule has 21 heavy (non-hydrogen) atoms. The number of thiol groups is 1. The number of halogens is 3. The Bertz CT molecular complexity index is 775. The molecule has 0 bridgehead atoms. The molecule has 1 aliphatic rings. The van der Waals surface area contributed by atoms with Crippen molar-refractivity contribution in [2.24, 2.45) is 0 Å². The lowest BCUT2D eigenvalue weighted by molar-refractivity contribution is -0.138. The van der Waals surface area contributed by atoms with Gasteiger partial charge >= 0.3 is 6.18 Å². The summed E-state index contributed by atoms with van der Waals surface area (Å²) in [5, 5.41) is 0. The zero-order valence-corrected chi connectivity index (χ0v) is 11.3. The van der Waals surface area contributed by atoms with Gasteiger partial charge in [-0.1, -0.05) is 18.2 Å². The molecule has 2 heterocycles. The van der Waals surface area contributed by atoms with Crippen LogP contribution >= 0.6 is 0 Å². The van der Waals surface area contributed by atoms with Crippen molar-refractivity contribution in [3.8, 4) is 0 Å². The van der Waals surface area contributed by atoms with Gasteiger partial charge in [-0.2, -0.15) is 13.2 Å². The van der Waals surface area contributed by atoms with Gasteiger partial charge in [-0.3, -0.25) is 13.7 Å². The van der Waals surface area contributed by atoms with Gasteiger partial charge in [0.15, 0.2) is 0 Å². The van der Waals surface area contributed by atoms with Crippen molar-refractivity contribution in [3.05, 3.63) is 53.9 Å². The van der Waals surface area contributed by atoms with E-state index in [-0.39, 0.29) is 15.5 Å². The molecule has 110 valence electrons. The molecule has 0 spiro atoms. The Balaban J connectivity index is 2.23. The maximum Gasteiger partial charge on any atom is 0.417 e. The van der Waals surface area contributed by atoms with Crippen LogP contribution in [0.2, 0.25) is 0 Å². The maximum atomic E-state index is 13.0. The molecule has 0 saturated carbocycles. The lowest BCUT2D eigenvalue weighted by atomic mass is 10.2. The van der Waals surface area contributed by atoms with E-state index >= 15 is 0 Å². The summed E-state index contributed by atoms with van der Waals surface area (Å²) in [5.74, 6) is -0.731. The molecule has 3 rings (SSSR count). The van der Waals surface area contributed by atoms with Crippen molar-refractivity contribution < 1.29 is 22.2 Å². The van der Waals surface area contributed by atoms with E-state index in [1.54, 1.807) is 18.2 Å². The first-order valence-electron chi connectivity index (χ1n) is 5.88. The maximum absolute atomic E-state index is 13.0. The molecule has 0 radical (unpaired) electrons. The molecule has 1 N–H and O–H groups in total. The number of amides is 1. The van der Waals surface area contributed by atoms with Crippen molar-refractivity contribution in [2.45, 2.75) is 16.0 Å². The van der Waals surface area contributed by atoms with Crippen LogP contribution in [0.1, 0.15) is 16.1 Å². The van der Waals surface area contributed by atoms with Crippen molar-refractivity contribution in [2.75, 3.05) is 0 Å². The second kappa shape index (κ2) is 4.39. The summed E-state index contributed by atoms with van der Waals surface area (Å²) in [7, 11) is -3.63. The average molecular weight is 314 g/mol. The molecule has 0 unspecified atom stereocenters. The van der Waals surface area contributed by atoms with Gasteiger partial charge in [0.05, 0.1) is 10.5 Å². The predicted octanol–water partition coefficient (Wildman–Crippen LogP) is 2.19. The summed E-state index contributed by atoms with van der Waals surface area (Å²) < 4.78 is 53.6. The van der Waals surface area contributed by atoms with Crippen LogP contribution in [-0.4, -0.2) is 15.1 Å². The molecule has 1 aliphatic heterocycles. The highest BCUT2D eigenvalue weighted by Gasteiger charge is 2.39. The highest BCUT2D eigenvalue weighted by molar-refractivity contribution is 8.02. The summed E-state index contributed by atoms with van der Waals surface area (Å²) in [6, 6.07) is 8.60. The fourth-order valence-corrected chi connectivity index (χ4v) is 4.41. The summed E-state index contributed by atoms with van der Waals surface area (Å²) in [4.78, 5) is 15.4.